The summed E-state index contributed by atoms with van der Waals surface area (Å²) in [4.78, 5) is 25.5. The number of carbonyl (C=O) groups excluding carboxylic acids is 2. The quantitative estimate of drug-likeness (QED) is 0.572. The molecule has 2 N–H and O–H groups in total. The summed E-state index contributed by atoms with van der Waals surface area (Å²) in [7, 11) is 0. The number of furan rings is 1. The molecule has 8 nitrogen and oxygen atoms in total. The van der Waals surface area contributed by atoms with Crippen LogP contribution in [0.5, 0.6) is 0 Å². The van der Waals surface area contributed by atoms with Crippen molar-refractivity contribution in [3.63, 3.8) is 0 Å². The Hall–Kier alpha value is -2.55. The summed E-state index contributed by atoms with van der Waals surface area (Å²) in [6, 6.07) is 1.85. The van der Waals surface area contributed by atoms with Crippen molar-refractivity contribution in [1.29, 1.82) is 0 Å². The van der Waals surface area contributed by atoms with Gasteiger partial charge in [0, 0.05) is 25.6 Å². The van der Waals surface area contributed by atoms with Gasteiger partial charge in [0.05, 0.1) is 17.6 Å². The molecule has 2 aromatic heterocycles. The van der Waals surface area contributed by atoms with E-state index in [0.717, 1.165) is 11.3 Å². The molecule has 144 valence electrons. The van der Waals surface area contributed by atoms with Crippen LogP contribution in [0.4, 0.5) is 0 Å². The molecule has 0 saturated carbocycles. The number of nitrogens with two attached hydrogens (primary N) is 1. The lowest BCUT2D eigenvalue weighted by molar-refractivity contribution is -0.132. The number of hydrogen-bond donors (Lipinski definition) is 1. The zero-order valence-electron chi connectivity index (χ0n) is 15.3. The molecule has 0 spiro atoms. The SMILES string of the molecule is C=CCn1c(SCC(=O)N2CCC(C(N)=O)CC2)nnc1-c1ccoc1C. The normalized spacial score (nSPS) is 15.1. The fraction of sp³-hybridized carbons (Fsp3) is 0.444. The molecule has 1 saturated heterocycles. The lowest BCUT2D eigenvalue weighted by Crippen LogP contribution is -2.42. The topological polar surface area (TPSA) is 107 Å². The Morgan fingerprint density at radius 2 is 2.15 bits per heavy atom. The van der Waals surface area contributed by atoms with Gasteiger partial charge in [-0.1, -0.05) is 17.8 Å². The van der Waals surface area contributed by atoms with Crippen LogP contribution in [-0.2, 0) is 16.1 Å². The van der Waals surface area contributed by atoms with Crippen molar-refractivity contribution in [3.05, 3.63) is 30.7 Å². The maximum Gasteiger partial charge on any atom is 0.233 e. The van der Waals surface area contributed by atoms with Crippen LogP contribution >= 0.6 is 11.8 Å². The van der Waals surface area contributed by atoms with E-state index in [1.165, 1.54) is 11.8 Å². The van der Waals surface area contributed by atoms with E-state index in [-0.39, 0.29) is 23.5 Å². The highest BCUT2D eigenvalue weighted by Gasteiger charge is 2.26. The number of piperidine rings is 1. The summed E-state index contributed by atoms with van der Waals surface area (Å²) in [6.07, 6.45) is 4.64. The largest absolute Gasteiger partial charge is 0.469 e. The molecule has 3 rings (SSSR count). The van der Waals surface area contributed by atoms with Gasteiger partial charge >= 0.3 is 0 Å². The van der Waals surface area contributed by atoms with E-state index in [9.17, 15) is 9.59 Å². The highest BCUT2D eigenvalue weighted by molar-refractivity contribution is 7.99. The van der Waals surface area contributed by atoms with Gasteiger partial charge in [-0.05, 0) is 25.8 Å². The van der Waals surface area contributed by atoms with Crippen LogP contribution in [0.1, 0.15) is 18.6 Å². The van der Waals surface area contributed by atoms with Crippen molar-refractivity contribution in [3.8, 4) is 11.4 Å². The number of allylic oxidation sites excluding steroid dienone is 1. The third-order valence-corrected chi connectivity index (χ3v) is 5.65. The monoisotopic (exact) mass is 389 g/mol. The van der Waals surface area contributed by atoms with Gasteiger partial charge in [-0.25, -0.2) is 0 Å². The lowest BCUT2D eigenvalue weighted by Gasteiger charge is -2.30. The van der Waals surface area contributed by atoms with Crippen LogP contribution in [-0.4, -0.2) is 50.3 Å². The van der Waals surface area contributed by atoms with Gasteiger partial charge in [-0.15, -0.1) is 16.8 Å². The molecule has 1 fully saturated rings. The van der Waals surface area contributed by atoms with E-state index in [1.807, 2.05) is 17.6 Å². The molecular formula is C18H23N5O3S. The number of rotatable bonds is 7. The molecule has 0 bridgehead atoms. The predicted molar refractivity (Wildman–Crippen MR) is 102 cm³/mol. The second kappa shape index (κ2) is 8.43. The van der Waals surface area contributed by atoms with Crippen molar-refractivity contribution < 1.29 is 14.0 Å². The number of aromatic nitrogens is 3. The Balaban J connectivity index is 1.65. The first-order valence-electron chi connectivity index (χ1n) is 8.79. The average Bonchev–Trinajstić information content (AvgIpc) is 3.26. The summed E-state index contributed by atoms with van der Waals surface area (Å²) in [5.41, 5.74) is 6.21. The Morgan fingerprint density at radius 1 is 1.41 bits per heavy atom. The Kier molecular flexibility index (Phi) is 6.00. The minimum atomic E-state index is -0.281. The number of aryl methyl sites for hydroxylation is 1. The molecule has 1 aliphatic rings. The second-order valence-electron chi connectivity index (χ2n) is 6.44. The number of carbonyl (C=O) groups is 2. The van der Waals surface area contributed by atoms with E-state index >= 15 is 0 Å². The molecule has 0 radical (unpaired) electrons. The van der Waals surface area contributed by atoms with Crippen LogP contribution in [0.25, 0.3) is 11.4 Å². The van der Waals surface area contributed by atoms with Gasteiger partial charge in [-0.3, -0.25) is 14.2 Å². The van der Waals surface area contributed by atoms with Crippen molar-refractivity contribution in [2.45, 2.75) is 31.5 Å². The maximum absolute atomic E-state index is 12.5. The summed E-state index contributed by atoms with van der Waals surface area (Å²) >= 11 is 1.35. The highest BCUT2D eigenvalue weighted by atomic mass is 32.2. The molecular weight excluding hydrogens is 366 g/mol. The number of nitrogens with zero attached hydrogens (tertiary/aromatic N) is 4. The van der Waals surface area contributed by atoms with Crippen molar-refractivity contribution in [1.82, 2.24) is 19.7 Å². The van der Waals surface area contributed by atoms with E-state index in [2.05, 4.69) is 16.8 Å². The van der Waals surface area contributed by atoms with Crippen LogP contribution < -0.4 is 5.73 Å². The smallest absolute Gasteiger partial charge is 0.233 e. The van der Waals surface area contributed by atoms with Crippen LogP contribution in [0, 0.1) is 12.8 Å². The second-order valence-corrected chi connectivity index (χ2v) is 7.38. The third kappa shape index (κ3) is 4.24. The molecule has 0 unspecified atom stereocenters. The van der Waals surface area contributed by atoms with Gasteiger partial charge in [0.2, 0.25) is 11.8 Å². The Labute approximate surface area is 161 Å². The fourth-order valence-electron chi connectivity index (χ4n) is 3.14. The number of likely N-dealkylation sites (tertiary alicyclic amines) is 1. The van der Waals surface area contributed by atoms with Crippen LogP contribution in [0.15, 0.2) is 34.6 Å². The first-order chi connectivity index (χ1) is 13.0. The number of hydrogen-bond acceptors (Lipinski definition) is 6. The van der Waals surface area contributed by atoms with E-state index < -0.39 is 0 Å². The molecule has 0 aromatic carbocycles. The molecule has 0 aliphatic carbocycles. The van der Waals surface area contributed by atoms with Gasteiger partial charge < -0.3 is 15.1 Å². The summed E-state index contributed by atoms with van der Waals surface area (Å²) < 4.78 is 7.28. The molecule has 2 aromatic rings. The van der Waals surface area contributed by atoms with E-state index in [0.29, 0.717) is 43.5 Å². The van der Waals surface area contributed by atoms with Gasteiger partial charge in [0.1, 0.15) is 5.76 Å². The number of primary amides is 1. The maximum atomic E-state index is 12.5. The molecule has 27 heavy (non-hydrogen) atoms. The van der Waals surface area contributed by atoms with Crippen LogP contribution in [0.2, 0.25) is 0 Å². The van der Waals surface area contributed by atoms with E-state index in [1.54, 1.807) is 17.2 Å². The average molecular weight is 389 g/mol. The predicted octanol–water partition coefficient (Wildman–Crippen LogP) is 1.85. The molecule has 1 aliphatic heterocycles. The van der Waals surface area contributed by atoms with E-state index in [4.69, 9.17) is 10.2 Å². The summed E-state index contributed by atoms with van der Waals surface area (Å²) in [5.74, 6) is 1.34. The molecule has 3 heterocycles. The zero-order valence-corrected chi connectivity index (χ0v) is 16.1. The summed E-state index contributed by atoms with van der Waals surface area (Å²) in [5, 5.41) is 9.16. The fourth-order valence-corrected chi connectivity index (χ4v) is 3.99. The first-order valence-corrected chi connectivity index (χ1v) is 9.78. The number of amides is 2. The van der Waals surface area contributed by atoms with Crippen LogP contribution in [0.3, 0.4) is 0 Å². The van der Waals surface area contributed by atoms with Gasteiger partial charge in [0.15, 0.2) is 11.0 Å². The zero-order chi connectivity index (χ0) is 19.4. The number of thioether (sulfide) groups is 1. The van der Waals surface area contributed by atoms with Crippen molar-refractivity contribution in [2.75, 3.05) is 18.8 Å². The minimum absolute atomic E-state index is 0.0251. The molecule has 9 heteroatoms. The van der Waals surface area contributed by atoms with Gasteiger partial charge in [-0.2, -0.15) is 0 Å². The molecule has 0 atom stereocenters. The highest BCUT2D eigenvalue weighted by Crippen LogP contribution is 2.27. The first kappa shape index (κ1) is 19.2. The van der Waals surface area contributed by atoms with Crippen molar-refractivity contribution in [2.24, 2.45) is 11.7 Å². The minimum Gasteiger partial charge on any atom is -0.469 e. The Morgan fingerprint density at radius 3 is 2.74 bits per heavy atom. The van der Waals surface area contributed by atoms with Gasteiger partial charge in [0.25, 0.3) is 0 Å². The third-order valence-electron chi connectivity index (χ3n) is 4.70. The standard InChI is InChI=1S/C18H23N5O3S/c1-3-7-23-17(14-6-10-26-12(14)2)20-21-18(23)27-11-15(24)22-8-4-13(5-9-22)16(19)25/h3,6,10,13H,1,4-5,7-9,11H2,2H3,(H2,19,25). The molecule has 2 amide bonds. The lowest BCUT2D eigenvalue weighted by atomic mass is 9.96. The summed E-state index contributed by atoms with van der Waals surface area (Å²) in [6.45, 7) is 7.32. The Bertz CT molecular complexity index is 836. The van der Waals surface area contributed by atoms with Crippen molar-refractivity contribution >= 4 is 23.6 Å².